The number of fused-ring (bicyclic) bond motifs is 2. The molecular weight excluding hydrogens is 184 g/mol. The lowest BCUT2D eigenvalue weighted by atomic mass is 10.1. The largest absolute Gasteiger partial charge is 0.467 e. The van der Waals surface area contributed by atoms with Crippen LogP contribution in [0.3, 0.4) is 0 Å². The summed E-state index contributed by atoms with van der Waals surface area (Å²) in [5, 5.41) is 0. The van der Waals surface area contributed by atoms with Crippen molar-refractivity contribution in [2.24, 2.45) is 0 Å². The van der Waals surface area contributed by atoms with Gasteiger partial charge in [0.15, 0.2) is 13.6 Å². The number of hydrogen-bond acceptors (Lipinski definition) is 4. The number of ether oxygens (including phenoxy) is 4. The fourth-order valence-corrected chi connectivity index (χ4v) is 1.66. The van der Waals surface area contributed by atoms with Gasteiger partial charge in [0.25, 0.3) is 0 Å². The van der Waals surface area contributed by atoms with Gasteiger partial charge in [0.2, 0.25) is 0 Å². The van der Waals surface area contributed by atoms with Gasteiger partial charge in [-0.3, -0.25) is 0 Å². The van der Waals surface area contributed by atoms with Crippen LogP contribution < -0.4 is 9.47 Å². The first-order valence-corrected chi connectivity index (χ1v) is 4.50. The van der Waals surface area contributed by atoms with Crippen LogP contribution in [-0.4, -0.2) is 13.6 Å². The standard InChI is InChI=1S/C10H10O4/c1-7-3-11-5-13-9(7)2-10-8(1)4-12-6-14-10/h1-2H,3-6H2. The van der Waals surface area contributed by atoms with E-state index in [2.05, 4.69) is 0 Å². The first-order chi connectivity index (χ1) is 6.93. The minimum atomic E-state index is 0.322. The second-order valence-corrected chi connectivity index (χ2v) is 3.29. The maximum atomic E-state index is 5.35. The third-order valence-corrected chi connectivity index (χ3v) is 2.35. The van der Waals surface area contributed by atoms with Crippen molar-refractivity contribution < 1.29 is 18.9 Å². The first kappa shape index (κ1) is 8.08. The van der Waals surface area contributed by atoms with Crippen LogP contribution in [0.5, 0.6) is 11.5 Å². The van der Waals surface area contributed by atoms with Gasteiger partial charge in [0, 0.05) is 17.2 Å². The summed E-state index contributed by atoms with van der Waals surface area (Å²) in [6, 6.07) is 3.93. The Bertz CT molecular complexity index is 295. The van der Waals surface area contributed by atoms with E-state index in [4.69, 9.17) is 18.9 Å². The van der Waals surface area contributed by atoms with E-state index in [0.717, 1.165) is 22.6 Å². The van der Waals surface area contributed by atoms with Gasteiger partial charge in [-0.2, -0.15) is 0 Å². The average molecular weight is 194 g/mol. The van der Waals surface area contributed by atoms with Crippen LogP contribution >= 0.6 is 0 Å². The molecule has 1 aromatic rings. The molecule has 1 aromatic carbocycles. The second kappa shape index (κ2) is 3.15. The van der Waals surface area contributed by atoms with Crippen molar-refractivity contribution in [1.29, 1.82) is 0 Å². The van der Waals surface area contributed by atoms with Crippen LogP contribution in [0.4, 0.5) is 0 Å². The molecule has 2 aliphatic heterocycles. The van der Waals surface area contributed by atoms with Crippen molar-refractivity contribution in [3.8, 4) is 11.5 Å². The fraction of sp³-hybridized carbons (Fsp3) is 0.400. The van der Waals surface area contributed by atoms with Gasteiger partial charge in [0.05, 0.1) is 13.2 Å². The highest BCUT2D eigenvalue weighted by atomic mass is 16.7. The summed E-state index contributed by atoms with van der Waals surface area (Å²) in [5.74, 6) is 1.72. The molecule has 0 saturated carbocycles. The molecule has 0 fully saturated rings. The van der Waals surface area contributed by atoms with Crippen LogP contribution in [0.15, 0.2) is 12.1 Å². The zero-order valence-electron chi connectivity index (χ0n) is 7.62. The van der Waals surface area contributed by atoms with Gasteiger partial charge in [0.1, 0.15) is 11.5 Å². The molecule has 0 atom stereocenters. The van der Waals surface area contributed by atoms with Gasteiger partial charge in [-0.25, -0.2) is 0 Å². The Labute approximate surface area is 81.3 Å². The monoisotopic (exact) mass is 194 g/mol. The van der Waals surface area contributed by atoms with Gasteiger partial charge in [-0.1, -0.05) is 0 Å². The molecule has 4 nitrogen and oxygen atoms in total. The number of benzene rings is 1. The fourth-order valence-electron chi connectivity index (χ4n) is 1.66. The minimum Gasteiger partial charge on any atom is -0.467 e. The van der Waals surface area contributed by atoms with Crippen molar-refractivity contribution >= 4 is 0 Å². The summed E-state index contributed by atoms with van der Waals surface area (Å²) in [6.45, 7) is 1.84. The predicted octanol–water partition coefficient (Wildman–Crippen LogP) is 1.42. The molecule has 0 aromatic heterocycles. The summed E-state index contributed by atoms with van der Waals surface area (Å²) in [7, 11) is 0. The molecule has 0 bridgehead atoms. The molecule has 0 saturated heterocycles. The van der Waals surface area contributed by atoms with E-state index in [9.17, 15) is 0 Å². The van der Waals surface area contributed by atoms with E-state index < -0.39 is 0 Å². The molecule has 3 rings (SSSR count). The Balaban J connectivity index is 2.06. The van der Waals surface area contributed by atoms with Gasteiger partial charge >= 0.3 is 0 Å². The van der Waals surface area contributed by atoms with E-state index in [-0.39, 0.29) is 0 Å². The Morgan fingerprint density at radius 3 is 1.93 bits per heavy atom. The van der Waals surface area contributed by atoms with Gasteiger partial charge in [-0.15, -0.1) is 0 Å². The summed E-state index contributed by atoms with van der Waals surface area (Å²) in [5.41, 5.74) is 2.12. The zero-order chi connectivity index (χ0) is 9.38. The molecule has 0 amide bonds. The van der Waals surface area contributed by atoms with Crippen LogP contribution in [0.2, 0.25) is 0 Å². The van der Waals surface area contributed by atoms with Crippen LogP contribution in [-0.2, 0) is 22.7 Å². The molecular formula is C10H10O4. The molecule has 0 N–H and O–H groups in total. The van der Waals surface area contributed by atoms with E-state index in [1.807, 2.05) is 12.1 Å². The van der Waals surface area contributed by atoms with Crippen molar-refractivity contribution in [1.82, 2.24) is 0 Å². The molecule has 74 valence electrons. The maximum absolute atomic E-state index is 5.35. The second-order valence-electron chi connectivity index (χ2n) is 3.29. The third-order valence-electron chi connectivity index (χ3n) is 2.35. The lowest BCUT2D eigenvalue weighted by Gasteiger charge is -2.23. The van der Waals surface area contributed by atoms with Crippen LogP contribution in [0.1, 0.15) is 11.1 Å². The quantitative estimate of drug-likeness (QED) is 0.626. The highest BCUT2D eigenvalue weighted by Crippen LogP contribution is 2.33. The van der Waals surface area contributed by atoms with Crippen molar-refractivity contribution in [2.75, 3.05) is 13.6 Å². The summed E-state index contributed by atoms with van der Waals surface area (Å²) in [6.07, 6.45) is 0. The average Bonchev–Trinajstić information content (AvgIpc) is 2.26. The SMILES string of the molecule is c1c2c(cc3c1COCO3)OCOC2. The predicted molar refractivity (Wildman–Crippen MR) is 47.0 cm³/mol. The third kappa shape index (κ3) is 1.23. The number of hydrogen-bond donors (Lipinski definition) is 0. The normalized spacial score (nSPS) is 18.9. The maximum Gasteiger partial charge on any atom is 0.189 e. The van der Waals surface area contributed by atoms with Gasteiger partial charge < -0.3 is 18.9 Å². The molecule has 4 heteroatoms. The molecule has 0 radical (unpaired) electrons. The van der Waals surface area contributed by atoms with Crippen molar-refractivity contribution in [3.63, 3.8) is 0 Å². The highest BCUT2D eigenvalue weighted by molar-refractivity contribution is 5.47. The lowest BCUT2D eigenvalue weighted by Crippen LogP contribution is -2.15. The molecule has 14 heavy (non-hydrogen) atoms. The van der Waals surface area contributed by atoms with E-state index in [1.54, 1.807) is 0 Å². The van der Waals surface area contributed by atoms with E-state index in [0.29, 0.717) is 26.8 Å². The molecule has 2 aliphatic rings. The minimum absolute atomic E-state index is 0.322. The summed E-state index contributed by atoms with van der Waals surface area (Å²) in [4.78, 5) is 0. The topological polar surface area (TPSA) is 36.9 Å². The van der Waals surface area contributed by atoms with E-state index >= 15 is 0 Å². The van der Waals surface area contributed by atoms with Crippen molar-refractivity contribution in [2.45, 2.75) is 13.2 Å². The van der Waals surface area contributed by atoms with Crippen molar-refractivity contribution in [3.05, 3.63) is 23.3 Å². The van der Waals surface area contributed by atoms with E-state index in [1.165, 1.54) is 0 Å². The molecule has 2 heterocycles. The Morgan fingerprint density at radius 2 is 1.36 bits per heavy atom. The van der Waals surface area contributed by atoms with Crippen LogP contribution in [0, 0.1) is 0 Å². The molecule has 0 aliphatic carbocycles. The van der Waals surface area contributed by atoms with Gasteiger partial charge in [-0.05, 0) is 6.07 Å². The Hall–Kier alpha value is -1.26. The summed E-state index contributed by atoms with van der Waals surface area (Å²) >= 11 is 0. The zero-order valence-corrected chi connectivity index (χ0v) is 7.62. The Kier molecular flexibility index (Phi) is 1.82. The molecule has 0 unspecified atom stereocenters. The lowest BCUT2D eigenvalue weighted by molar-refractivity contribution is -0.0249. The number of rotatable bonds is 0. The Morgan fingerprint density at radius 1 is 0.786 bits per heavy atom. The highest BCUT2D eigenvalue weighted by Gasteiger charge is 2.17. The first-order valence-electron chi connectivity index (χ1n) is 4.50. The van der Waals surface area contributed by atoms with Crippen LogP contribution in [0.25, 0.3) is 0 Å². The summed E-state index contributed by atoms with van der Waals surface area (Å²) < 4.78 is 21.1. The smallest absolute Gasteiger partial charge is 0.189 e. The molecule has 0 spiro atoms.